The molecule has 0 saturated carbocycles. The van der Waals surface area contributed by atoms with Gasteiger partial charge in [-0.2, -0.15) is 11.8 Å². The molecule has 0 radical (unpaired) electrons. The third-order valence-corrected chi connectivity index (χ3v) is 6.13. The average molecular weight is 472 g/mol. The van der Waals surface area contributed by atoms with Gasteiger partial charge in [0.1, 0.15) is 6.04 Å². The number of hydrogen-bond donors (Lipinski definition) is 2. The minimum atomic E-state index is -0.894. The molecule has 0 aliphatic heterocycles. The maximum absolute atomic E-state index is 11.5. The van der Waals surface area contributed by atoms with E-state index in [0.717, 1.165) is 44.3 Å². The van der Waals surface area contributed by atoms with Crippen molar-refractivity contribution >= 4 is 23.7 Å². The first-order valence-electron chi connectivity index (χ1n) is 11.7. The Morgan fingerprint density at radius 2 is 1.42 bits per heavy atom. The van der Waals surface area contributed by atoms with Crippen molar-refractivity contribution in [3.05, 3.63) is 65.1 Å². The Kier molecular flexibility index (Phi) is 14.9. The quantitative estimate of drug-likeness (QED) is 0.196. The van der Waals surface area contributed by atoms with Crippen LogP contribution in [0.25, 0.3) is 0 Å². The molecule has 182 valence electrons. The normalized spacial score (nSPS) is 13.5. The summed E-state index contributed by atoms with van der Waals surface area (Å²) in [4.78, 5) is 19.5. The van der Waals surface area contributed by atoms with Crippen molar-refractivity contribution in [1.29, 1.82) is 0 Å². The van der Waals surface area contributed by atoms with E-state index in [9.17, 15) is 9.90 Å². The Labute approximate surface area is 204 Å². The van der Waals surface area contributed by atoms with E-state index in [1.165, 1.54) is 22.3 Å². The third-order valence-electron chi connectivity index (χ3n) is 5.16. The fourth-order valence-corrected chi connectivity index (χ4v) is 4.08. The number of allylic oxidation sites excluding steroid dienone is 7. The highest BCUT2D eigenvalue weighted by Crippen LogP contribution is 2.15. The van der Waals surface area contributed by atoms with Gasteiger partial charge in [-0.3, -0.25) is 0 Å². The van der Waals surface area contributed by atoms with Gasteiger partial charge in [0.25, 0.3) is 0 Å². The topological polar surface area (TPSA) is 75.1 Å². The predicted octanol–water partition coefficient (Wildman–Crippen LogP) is 7.22. The molecule has 1 aromatic heterocycles. The number of nitrogens with one attached hydrogen (secondary N) is 1. The fourth-order valence-electron chi connectivity index (χ4n) is 3.08. The molecule has 1 unspecified atom stereocenters. The van der Waals surface area contributed by atoms with Gasteiger partial charge >= 0.3 is 5.97 Å². The van der Waals surface area contributed by atoms with Crippen molar-refractivity contribution in [2.45, 2.75) is 79.2 Å². The molecule has 0 amide bonds. The van der Waals surface area contributed by atoms with Crippen LogP contribution in [-0.4, -0.2) is 38.6 Å². The van der Waals surface area contributed by atoms with Gasteiger partial charge < -0.3 is 10.4 Å². The van der Waals surface area contributed by atoms with Crippen molar-refractivity contribution in [3.63, 3.8) is 0 Å². The van der Waals surface area contributed by atoms with E-state index in [4.69, 9.17) is 0 Å². The molecular formula is C27H41N3O2S. The van der Waals surface area contributed by atoms with Crippen LogP contribution in [0, 0.1) is 0 Å². The lowest BCUT2D eigenvalue weighted by Gasteiger charge is -2.13. The van der Waals surface area contributed by atoms with Crippen LogP contribution >= 0.6 is 11.8 Å². The van der Waals surface area contributed by atoms with Gasteiger partial charge in [-0.25, -0.2) is 14.8 Å². The molecule has 1 heterocycles. The van der Waals surface area contributed by atoms with Gasteiger partial charge in [0.15, 0.2) is 0 Å². The molecule has 0 bridgehead atoms. The predicted molar refractivity (Wildman–Crippen MR) is 143 cm³/mol. The zero-order valence-corrected chi connectivity index (χ0v) is 21.8. The minimum absolute atomic E-state index is 0.341. The molecule has 0 spiro atoms. The Hall–Kier alpha value is -2.34. The number of aromatic nitrogens is 2. The molecule has 6 heteroatoms. The van der Waals surface area contributed by atoms with E-state index in [1.807, 2.05) is 0 Å². The van der Waals surface area contributed by atoms with Gasteiger partial charge in [0.2, 0.25) is 5.95 Å². The summed E-state index contributed by atoms with van der Waals surface area (Å²) in [6, 6.07) is 0.994. The van der Waals surface area contributed by atoms with Crippen molar-refractivity contribution < 1.29 is 9.90 Å². The van der Waals surface area contributed by atoms with Gasteiger partial charge in [-0.1, -0.05) is 46.6 Å². The maximum Gasteiger partial charge on any atom is 0.327 e. The highest BCUT2D eigenvalue weighted by atomic mass is 32.2. The summed E-state index contributed by atoms with van der Waals surface area (Å²) in [5, 5.41) is 12.3. The highest BCUT2D eigenvalue weighted by molar-refractivity contribution is 7.99. The van der Waals surface area contributed by atoms with E-state index >= 15 is 0 Å². The summed E-state index contributed by atoms with van der Waals surface area (Å²) in [7, 11) is 0. The van der Waals surface area contributed by atoms with Crippen LogP contribution in [0.1, 0.15) is 73.1 Å². The van der Waals surface area contributed by atoms with Crippen LogP contribution in [-0.2, 0) is 4.79 Å². The molecule has 0 saturated heterocycles. The number of anilines is 1. The van der Waals surface area contributed by atoms with Crippen LogP contribution in [0.5, 0.6) is 0 Å². The fraction of sp³-hybridized carbons (Fsp3) is 0.519. The molecule has 2 N–H and O–H groups in total. The summed E-state index contributed by atoms with van der Waals surface area (Å²) in [5.74, 6) is 0.701. The number of carbonyl (C=O) groups is 1. The summed E-state index contributed by atoms with van der Waals surface area (Å²) < 4.78 is 0. The molecule has 5 nitrogen and oxygen atoms in total. The van der Waals surface area contributed by atoms with Crippen LogP contribution < -0.4 is 5.32 Å². The molecule has 1 aromatic rings. The molecule has 0 aromatic carbocycles. The average Bonchev–Trinajstić information content (AvgIpc) is 2.76. The maximum atomic E-state index is 11.5. The molecule has 0 aliphatic carbocycles. The minimum Gasteiger partial charge on any atom is -0.480 e. The van der Waals surface area contributed by atoms with E-state index in [1.54, 1.807) is 30.2 Å². The Balaban J connectivity index is 2.27. The first-order valence-corrected chi connectivity index (χ1v) is 12.9. The van der Waals surface area contributed by atoms with Crippen molar-refractivity contribution in [3.8, 4) is 0 Å². The van der Waals surface area contributed by atoms with Crippen LogP contribution in [0.2, 0.25) is 0 Å². The van der Waals surface area contributed by atoms with Gasteiger partial charge in [-0.15, -0.1) is 0 Å². The number of hydrogen-bond acceptors (Lipinski definition) is 5. The van der Waals surface area contributed by atoms with Crippen molar-refractivity contribution in [2.24, 2.45) is 0 Å². The van der Waals surface area contributed by atoms with Crippen LogP contribution in [0.15, 0.2) is 65.1 Å². The molecule has 0 fully saturated rings. The number of nitrogens with zero attached hydrogens (tertiary/aromatic N) is 2. The molecule has 0 aliphatic rings. The summed E-state index contributed by atoms with van der Waals surface area (Å²) >= 11 is 1.60. The van der Waals surface area contributed by atoms with E-state index in [-0.39, 0.29) is 0 Å². The van der Waals surface area contributed by atoms with Crippen molar-refractivity contribution in [2.75, 3.05) is 16.8 Å². The zero-order chi connectivity index (χ0) is 24.5. The Morgan fingerprint density at radius 1 is 0.909 bits per heavy atom. The van der Waals surface area contributed by atoms with Gasteiger partial charge in [-0.05, 0) is 79.2 Å². The Morgan fingerprint density at radius 3 is 1.94 bits per heavy atom. The molecule has 33 heavy (non-hydrogen) atoms. The number of carboxylic acids is 1. The highest BCUT2D eigenvalue weighted by Gasteiger charge is 2.17. The van der Waals surface area contributed by atoms with Crippen LogP contribution in [0.4, 0.5) is 5.95 Å². The number of aliphatic carboxylic acids is 1. The van der Waals surface area contributed by atoms with Crippen molar-refractivity contribution in [1.82, 2.24) is 9.97 Å². The zero-order valence-electron chi connectivity index (χ0n) is 20.9. The second-order valence-corrected chi connectivity index (χ2v) is 9.77. The second-order valence-electron chi connectivity index (χ2n) is 8.69. The summed E-state index contributed by atoms with van der Waals surface area (Å²) in [6.07, 6.45) is 19.0. The van der Waals surface area contributed by atoms with E-state index in [0.29, 0.717) is 11.7 Å². The first-order chi connectivity index (χ1) is 15.8. The third kappa shape index (κ3) is 15.2. The largest absolute Gasteiger partial charge is 0.480 e. The monoisotopic (exact) mass is 471 g/mol. The number of thioether (sulfide) groups is 1. The van der Waals surface area contributed by atoms with Gasteiger partial charge in [0.05, 0.1) is 0 Å². The van der Waals surface area contributed by atoms with Crippen LogP contribution in [0.3, 0.4) is 0 Å². The molecular weight excluding hydrogens is 430 g/mol. The Bertz CT molecular complexity index is 825. The molecule has 1 rings (SSSR count). The second kappa shape index (κ2) is 17.2. The first kappa shape index (κ1) is 28.7. The summed E-state index contributed by atoms with van der Waals surface area (Å²) in [6.45, 7) is 10.9. The lowest BCUT2D eigenvalue weighted by molar-refractivity contribution is -0.137. The van der Waals surface area contributed by atoms with Gasteiger partial charge in [0, 0.05) is 23.9 Å². The van der Waals surface area contributed by atoms with E-state index < -0.39 is 12.0 Å². The van der Waals surface area contributed by atoms with E-state index in [2.05, 4.69) is 74.2 Å². The molecule has 1 atom stereocenters. The SMILES string of the molecule is CC(C)=CCC/C(C)=C/CC/C(C)=C/CC/C(C)=C/CSCC(Nc1ncccn1)C(=O)O. The standard InChI is InChI=1S/C27H41N3O2S/c1-21(2)10-6-11-22(3)12-7-13-23(4)14-8-15-24(5)16-19-33-20-25(26(31)32)30-27-28-17-9-18-29-27/h9-10,12,14,16-18,25H,6-8,11,13,15,19-20H2,1-5H3,(H,31,32)(H,28,29,30)/b22-12+,23-14+,24-16+. The summed E-state index contributed by atoms with van der Waals surface area (Å²) in [5.41, 5.74) is 5.66. The number of rotatable bonds is 16. The smallest absolute Gasteiger partial charge is 0.327 e. The lowest BCUT2D eigenvalue weighted by atomic mass is 10.0. The lowest BCUT2D eigenvalue weighted by Crippen LogP contribution is -2.32. The number of carboxylic acid groups (broad SMARTS) is 1.